The van der Waals surface area contributed by atoms with Crippen molar-refractivity contribution in [1.82, 2.24) is 0 Å². The van der Waals surface area contributed by atoms with Gasteiger partial charge >= 0.3 is 0 Å². The zero-order valence-corrected chi connectivity index (χ0v) is 8.83. The molecule has 2 aromatic carbocycles. The highest BCUT2D eigenvalue weighted by atomic mass is 35.5. The van der Waals surface area contributed by atoms with Gasteiger partial charge in [-0.1, -0.05) is 47.9 Å². The second kappa shape index (κ2) is 4.21. The lowest BCUT2D eigenvalue weighted by Crippen LogP contribution is -1.79. The van der Waals surface area contributed by atoms with E-state index < -0.39 is 0 Å². The number of rotatable bonds is 1. The molecule has 0 heterocycles. The van der Waals surface area contributed by atoms with Gasteiger partial charge in [0.15, 0.2) is 0 Å². The van der Waals surface area contributed by atoms with E-state index in [9.17, 15) is 0 Å². The number of hydrogen-bond acceptors (Lipinski definition) is 0. The number of terminal acetylenes is 1. The van der Waals surface area contributed by atoms with Gasteiger partial charge in [0.25, 0.3) is 0 Å². The van der Waals surface area contributed by atoms with Crippen molar-refractivity contribution in [2.75, 3.05) is 0 Å². The minimum Gasteiger partial charge on any atom is -0.115 e. The highest BCUT2D eigenvalue weighted by Crippen LogP contribution is 2.27. The average molecular weight is 213 g/mol. The zero-order valence-electron chi connectivity index (χ0n) is 8.07. The number of halogens is 1. The van der Waals surface area contributed by atoms with Gasteiger partial charge in [-0.2, -0.15) is 0 Å². The summed E-state index contributed by atoms with van der Waals surface area (Å²) in [5.74, 6) is 2.59. The van der Waals surface area contributed by atoms with Gasteiger partial charge in [-0.15, -0.1) is 6.42 Å². The molecule has 0 spiro atoms. The Morgan fingerprint density at radius 3 is 2.20 bits per heavy atom. The molecule has 1 heteroatoms. The quantitative estimate of drug-likeness (QED) is 0.627. The van der Waals surface area contributed by atoms with Crippen LogP contribution < -0.4 is 0 Å². The molecule has 0 saturated heterocycles. The fourth-order valence-corrected chi connectivity index (χ4v) is 1.69. The lowest BCUT2D eigenvalue weighted by atomic mass is 10.0. The first-order chi connectivity index (χ1) is 7.31. The molecule has 0 aromatic heterocycles. The topological polar surface area (TPSA) is 0 Å². The third-order valence-corrected chi connectivity index (χ3v) is 2.57. The van der Waals surface area contributed by atoms with Crippen molar-refractivity contribution in [2.45, 2.75) is 0 Å². The molecule has 72 valence electrons. The van der Waals surface area contributed by atoms with E-state index in [4.69, 9.17) is 18.0 Å². The van der Waals surface area contributed by atoms with Crippen LogP contribution in [0.4, 0.5) is 0 Å². The van der Waals surface area contributed by atoms with Crippen LogP contribution in [0.2, 0.25) is 5.02 Å². The Balaban J connectivity index is 2.47. The molecule has 0 aliphatic rings. The largest absolute Gasteiger partial charge is 0.115 e. The van der Waals surface area contributed by atoms with Crippen LogP contribution in [0.25, 0.3) is 11.1 Å². The van der Waals surface area contributed by atoms with Gasteiger partial charge in [-0.3, -0.25) is 0 Å². The molecule has 2 aromatic rings. The van der Waals surface area contributed by atoms with Crippen LogP contribution in [0.15, 0.2) is 48.5 Å². The van der Waals surface area contributed by atoms with Gasteiger partial charge in [0.2, 0.25) is 0 Å². The average Bonchev–Trinajstić information content (AvgIpc) is 2.30. The third kappa shape index (κ3) is 2.03. The van der Waals surface area contributed by atoms with Crippen LogP contribution in [0.5, 0.6) is 0 Å². The van der Waals surface area contributed by atoms with Crippen molar-refractivity contribution >= 4 is 11.6 Å². The van der Waals surface area contributed by atoms with Gasteiger partial charge < -0.3 is 0 Å². The molecule has 0 aliphatic heterocycles. The molecule has 0 unspecified atom stereocenters. The van der Waals surface area contributed by atoms with E-state index in [-0.39, 0.29) is 0 Å². The lowest BCUT2D eigenvalue weighted by molar-refractivity contribution is 1.59. The summed E-state index contributed by atoms with van der Waals surface area (Å²) < 4.78 is 0. The van der Waals surface area contributed by atoms with Gasteiger partial charge in [-0.25, -0.2) is 0 Å². The first-order valence-electron chi connectivity index (χ1n) is 4.63. The second-order valence-electron chi connectivity index (χ2n) is 3.20. The predicted molar refractivity (Wildman–Crippen MR) is 64.8 cm³/mol. The molecule has 0 nitrogen and oxygen atoms in total. The van der Waals surface area contributed by atoms with Crippen LogP contribution in [-0.2, 0) is 0 Å². The lowest BCUT2D eigenvalue weighted by Gasteiger charge is -2.03. The first kappa shape index (κ1) is 9.83. The Morgan fingerprint density at radius 2 is 1.60 bits per heavy atom. The summed E-state index contributed by atoms with van der Waals surface area (Å²) in [5.41, 5.74) is 2.99. The Kier molecular flexibility index (Phi) is 2.76. The van der Waals surface area contributed by atoms with Crippen molar-refractivity contribution in [3.05, 3.63) is 59.1 Å². The normalized spacial score (nSPS) is 9.60. The van der Waals surface area contributed by atoms with Gasteiger partial charge in [0, 0.05) is 16.1 Å². The maximum absolute atomic E-state index is 6.09. The van der Waals surface area contributed by atoms with Crippen LogP contribution in [0, 0.1) is 12.3 Å². The maximum atomic E-state index is 6.09. The van der Waals surface area contributed by atoms with Crippen molar-refractivity contribution < 1.29 is 0 Å². The van der Waals surface area contributed by atoms with E-state index in [0.717, 1.165) is 21.7 Å². The molecule has 0 aliphatic carbocycles. The SMILES string of the molecule is C#Cc1ccc(-c2ccccc2Cl)cc1. The highest BCUT2D eigenvalue weighted by Gasteiger charge is 2.01. The molecular weight excluding hydrogens is 204 g/mol. The molecule has 0 saturated carbocycles. The standard InChI is InChI=1S/C14H9Cl/c1-2-11-7-9-12(10-8-11)13-5-3-4-6-14(13)15/h1,3-10H. The molecule has 0 fully saturated rings. The summed E-state index contributed by atoms with van der Waals surface area (Å²) in [7, 11) is 0. The summed E-state index contributed by atoms with van der Waals surface area (Å²) in [5, 5.41) is 0.756. The van der Waals surface area contributed by atoms with Crippen molar-refractivity contribution in [3.63, 3.8) is 0 Å². The molecule has 0 bridgehead atoms. The van der Waals surface area contributed by atoms with Gasteiger partial charge in [0.05, 0.1) is 0 Å². The van der Waals surface area contributed by atoms with E-state index in [2.05, 4.69) is 5.92 Å². The van der Waals surface area contributed by atoms with Crippen LogP contribution in [0.1, 0.15) is 5.56 Å². The van der Waals surface area contributed by atoms with Crippen LogP contribution in [0.3, 0.4) is 0 Å². The molecule has 15 heavy (non-hydrogen) atoms. The summed E-state index contributed by atoms with van der Waals surface area (Å²) in [6.07, 6.45) is 5.29. The van der Waals surface area contributed by atoms with E-state index in [1.807, 2.05) is 48.5 Å². The Hall–Kier alpha value is -1.71. The van der Waals surface area contributed by atoms with E-state index in [1.54, 1.807) is 0 Å². The fourth-order valence-electron chi connectivity index (χ4n) is 1.44. The smallest absolute Gasteiger partial charge is 0.0484 e. The van der Waals surface area contributed by atoms with Crippen molar-refractivity contribution in [2.24, 2.45) is 0 Å². The van der Waals surface area contributed by atoms with Crippen molar-refractivity contribution in [1.29, 1.82) is 0 Å². The predicted octanol–water partition coefficient (Wildman–Crippen LogP) is 3.99. The monoisotopic (exact) mass is 212 g/mol. The minimum absolute atomic E-state index is 0.756. The number of benzene rings is 2. The molecule has 0 atom stereocenters. The highest BCUT2D eigenvalue weighted by molar-refractivity contribution is 6.33. The molecule has 0 amide bonds. The van der Waals surface area contributed by atoms with Crippen LogP contribution in [-0.4, -0.2) is 0 Å². The minimum atomic E-state index is 0.756. The Morgan fingerprint density at radius 1 is 0.933 bits per heavy atom. The molecule has 0 radical (unpaired) electrons. The fraction of sp³-hybridized carbons (Fsp3) is 0. The van der Waals surface area contributed by atoms with Crippen LogP contribution >= 0.6 is 11.6 Å². The summed E-state index contributed by atoms with van der Waals surface area (Å²) in [6, 6.07) is 15.6. The Labute approximate surface area is 94.5 Å². The van der Waals surface area contributed by atoms with Gasteiger partial charge in [-0.05, 0) is 23.8 Å². The molecule has 2 rings (SSSR count). The second-order valence-corrected chi connectivity index (χ2v) is 3.61. The van der Waals surface area contributed by atoms with E-state index in [0.29, 0.717) is 0 Å². The summed E-state index contributed by atoms with van der Waals surface area (Å²) in [6.45, 7) is 0. The third-order valence-electron chi connectivity index (χ3n) is 2.24. The summed E-state index contributed by atoms with van der Waals surface area (Å²) in [4.78, 5) is 0. The number of hydrogen-bond donors (Lipinski definition) is 0. The first-order valence-corrected chi connectivity index (χ1v) is 5.00. The van der Waals surface area contributed by atoms with Crippen molar-refractivity contribution in [3.8, 4) is 23.5 Å². The maximum Gasteiger partial charge on any atom is 0.0484 e. The molecular formula is C14H9Cl. The zero-order chi connectivity index (χ0) is 10.7. The van der Waals surface area contributed by atoms with Gasteiger partial charge in [0.1, 0.15) is 0 Å². The van der Waals surface area contributed by atoms with E-state index >= 15 is 0 Å². The van der Waals surface area contributed by atoms with E-state index in [1.165, 1.54) is 0 Å². The Bertz CT molecular complexity index is 504. The molecule has 0 N–H and O–H groups in total. The summed E-state index contributed by atoms with van der Waals surface area (Å²) >= 11 is 6.09.